The summed E-state index contributed by atoms with van der Waals surface area (Å²) in [5.74, 6) is -0.503. The van der Waals surface area contributed by atoms with Gasteiger partial charge in [0, 0.05) is 43.9 Å². The SMILES string of the molecule is Cc1cc([N+](=O)[O-])ccc1NCCN1CC(C(=O)Cl)CC1=O. The van der Waals surface area contributed by atoms with Gasteiger partial charge in [-0.15, -0.1) is 0 Å². The van der Waals surface area contributed by atoms with Crippen LogP contribution in [0.4, 0.5) is 11.4 Å². The van der Waals surface area contributed by atoms with Crippen LogP contribution in [0.5, 0.6) is 0 Å². The van der Waals surface area contributed by atoms with Gasteiger partial charge in [0.05, 0.1) is 10.8 Å². The fraction of sp³-hybridized carbons (Fsp3) is 0.429. The standard InChI is InChI=1S/C14H16ClN3O4/c1-9-6-11(18(21)22)2-3-12(9)16-4-5-17-8-10(14(15)20)7-13(17)19/h2-3,6,10,16H,4-5,7-8H2,1H3. The number of nitrogens with one attached hydrogen (secondary N) is 1. The van der Waals surface area contributed by atoms with E-state index in [1.54, 1.807) is 17.9 Å². The minimum atomic E-state index is -0.477. The predicted molar refractivity (Wildman–Crippen MR) is 81.9 cm³/mol. The van der Waals surface area contributed by atoms with Crippen LogP contribution in [-0.2, 0) is 9.59 Å². The van der Waals surface area contributed by atoms with Gasteiger partial charge in [0.25, 0.3) is 5.69 Å². The van der Waals surface area contributed by atoms with Gasteiger partial charge in [0.1, 0.15) is 0 Å². The Bertz CT molecular complexity index is 620. The lowest BCUT2D eigenvalue weighted by molar-refractivity contribution is -0.384. The van der Waals surface area contributed by atoms with Crippen molar-refractivity contribution in [1.82, 2.24) is 4.90 Å². The van der Waals surface area contributed by atoms with Crippen molar-refractivity contribution in [2.24, 2.45) is 5.92 Å². The van der Waals surface area contributed by atoms with Crippen molar-refractivity contribution >= 4 is 34.1 Å². The number of aryl methyl sites for hydroxylation is 1. The van der Waals surface area contributed by atoms with E-state index in [1.165, 1.54) is 12.1 Å². The number of nitrogens with zero attached hydrogens (tertiary/aromatic N) is 2. The number of amides is 1. The lowest BCUT2D eigenvalue weighted by atomic mass is 10.1. The molecule has 1 saturated heterocycles. The van der Waals surface area contributed by atoms with Crippen LogP contribution in [-0.4, -0.2) is 40.6 Å². The number of anilines is 1. The lowest BCUT2D eigenvalue weighted by Gasteiger charge is -2.17. The lowest BCUT2D eigenvalue weighted by Crippen LogP contribution is -2.31. The Hall–Kier alpha value is -2.15. The quantitative estimate of drug-likeness (QED) is 0.490. The maximum absolute atomic E-state index is 11.7. The van der Waals surface area contributed by atoms with E-state index in [0.29, 0.717) is 19.6 Å². The molecule has 118 valence electrons. The zero-order chi connectivity index (χ0) is 16.3. The highest BCUT2D eigenvalue weighted by atomic mass is 35.5. The third-order valence-electron chi connectivity index (χ3n) is 3.65. The van der Waals surface area contributed by atoms with Crippen LogP contribution < -0.4 is 5.32 Å². The highest BCUT2D eigenvalue weighted by molar-refractivity contribution is 6.64. The molecule has 0 saturated carbocycles. The van der Waals surface area contributed by atoms with Crippen LogP contribution in [0.3, 0.4) is 0 Å². The van der Waals surface area contributed by atoms with Crippen LogP contribution >= 0.6 is 11.6 Å². The average Bonchev–Trinajstić information content (AvgIpc) is 2.82. The van der Waals surface area contributed by atoms with Crippen molar-refractivity contribution < 1.29 is 14.5 Å². The van der Waals surface area contributed by atoms with E-state index >= 15 is 0 Å². The summed E-state index contributed by atoms with van der Waals surface area (Å²) in [4.78, 5) is 34.6. The molecule has 1 aromatic carbocycles. The number of non-ortho nitro benzene ring substituents is 1. The molecule has 1 aromatic rings. The van der Waals surface area contributed by atoms with Crippen LogP contribution in [0.1, 0.15) is 12.0 Å². The second-order valence-electron chi connectivity index (χ2n) is 5.23. The smallest absolute Gasteiger partial charge is 0.269 e. The zero-order valence-electron chi connectivity index (χ0n) is 12.0. The van der Waals surface area contributed by atoms with E-state index in [-0.39, 0.29) is 18.0 Å². The number of hydrogen-bond acceptors (Lipinski definition) is 5. The number of nitro groups is 1. The fourth-order valence-electron chi connectivity index (χ4n) is 2.43. The first-order chi connectivity index (χ1) is 10.4. The van der Waals surface area contributed by atoms with Crippen LogP contribution in [0.2, 0.25) is 0 Å². The van der Waals surface area contributed by atoms with E-state index in [2.05, 4.69) is 5.32 Å². The van der Waals surface area contributed by atoms with E-state index in [4.69, 9.17) is 11.6 Å². The molecule has 1 N–H and O–H groups in total. The van der Waals surface area contributed by atoms with Gasteiger partial charge in [-0.25, -0.2) is 0 Å². The highest BCUT2D eigenvalue weighted by Crippen LogP contribution is 2.22. The summed E-state index contributed by atoms with van der Waals surface area (Å²) in [5.41, 5.74) is 1.58. The topological polar surface area (TPSA) is 92.6 Å². The molecule has 1 amide bonds. The van der Waals surface area contributed by atoms with Crippen LogP contribution in [0.25, 0.3) is 0 Å². The van der Waals surface area contributed by atoms with Gasteiger partial charge in [-0.2, -0.15) is 0 Å². The molecular formula is C14H16ClN3O4. The Morgan fingerprint density at radius 1 is 1.55 bits per heavy atom. The molecule has 0 bridgehead atoms. The van der Waals surface area contributed by atoms with E-state index < -0.39 is 16.1 Å². The summed E-state index contributed by atoms with van der Waals surface area (Å²) >= 11 is 5.42. The Kier molecular flexibility index (Phi) is 4.97. The third kappa shape index (κ3) is 3.73. The number of hydrogen-bond donors (Lipinski definition) is 1. The molecule has 1 fully saturated rings. The summed E-state index contributed by atoms with van der Waals surface area (Å²) in [6.07, 6.45) is 0.166. The normalized spacial score (nSPS) is 17.6. The predicted octanol–water partition coefficient (Wildman–Crippen LogP) is 1.93. The first-order valence-electron chi connectivity index (χ1n) is 6.84. The summed E-state index contributed by atoms with van der Waals surface area (Å²) in [5, 5.41) is 13.3. The minimum absolute atomic E-state index is 0.0428. The summed E-state index contributed by atoms with van der Waals surface area (Å²) in [7, 11) is 0. The number of carbonyl (C=O) groups is 2. The minimum Gasteiger partial charge on any atom is -0.383 e. The molecular weight excluding hydrogens is 310 g/mol. The number of nitro benzene ring substituents is 1. The van der Waals surface area contributed by atoms with Crippen molar-refractivity contribution in [2.45, 2.75) is 13.3 Å². The number of halogens is 1. The van der Waals surface area contributed by atoms with Crippen molar-refractivity contribution in [2.75, 3.05) is 25.0 Å². The number of likely N-dealkylation sites (tertiary alicyclic amines) is 1. The van der Waals surface area contributed by atoms with Crippen molar-refractivity contribution in [1.29, 1.82) is 0 Å². The molecule has 0 aromatic heterocycles. The van der Waals surface area contributed by atoms with E-state index in [9.17, 15) is 19.7 Å². The monoisotopic (exact) mass is 325 g/mol. The molecule has 8 heteroatoms. The van der Waals surface area contributed by atoms with Crippen molar-refractivity contribution in [3.05, 3.63) is 33.9 Å². The first-order valence-corrected chi connectivity index (χ1v) is 7.22. The number of carbonyl (C=O) groups excluding carboxylic acids is 2. The van der Waals surface area contributed by atoms with Crippen LogP contribution in [0.15, 0.2) is 18.2 Å². The molecule has 2 rings (SSSR count). The van der Waals surface area contributed by atoms with Crippen LogP contribution in [0, 0.1) is 23.0 Å². The van der Waals surface area contributed by atoms with Gasteiger partial charge in [0.15, 0.2) is 0 Å². The maximum Gasteiger partial charge on any atom is 0.269 e. The van der Waals surface area contributed by atoms with Gasteiger partial charge in [-0.05, 0) is 30.2 Å². The molecule has 0 aliphatic carbocycles. The third-order valence-corrected chi connectivity index (χ3v) is 3.96. The average molecular weight is 326 g/mol. The second-order valence-corrected chi connectivity index (χ2v) is 5.60. The van der Waals surface area contributed by atoms with Gasteiger partial charge in [-0.3, -0.25) is 19.7 Å². The zero-order valence-corrected chi connectivity index (χ0v) is 12.8. The van der Waals surface area contributed by atoms with Gasteiger partial charge in [0.2, 0.25) is 11.1 Å². The second kappa shape index (κ2) is 6.74. The number of rotatable bonds is 6. The van der Waals surface area contributed by atoms with Gasteiger partial charge in [-0.1, -0.05) is 0 Å². The molecule has 7 nitrogen and oxygen atoms in total. The van der Waals surface area contributed by atoms with Crippen molar-refractivity contribution in [3.63, 3.8) is 0 Å². The van der Waals surface area contributed by atoms with Gasteiger partial charge >= 0.3 is 0 Å². The summed E-state index contributed by atoms with van der Waals surface area (Å²) < 4.78 is 0. The maximum atomic E-state index is 11.7. The van der Waals surface area contributed by atoms with E-state index in [0.717, 1.165) is 11.3 Å². The summed E-state index contributed by atoms with van der Waals surface area (Å²) in [6.45, 7) is 3.07. The molecule has 1 unspecified atom stereocenters. The fourth-order valence-corrected chi connectivity index (χ4v) is 2.57. The molecule has 1 atom stereocenters. The molecule has 1 aliphatic heterocycles. The first kappa shape index (κ1) is 16.2. The molecule has 0 spiro atoms. The Morgan fingerprint density at radius 3 is 2.82 bits per heavy atom. The molecule has 22 heavy (non-hydrogen) atoms. The summed E-state index contributed by atoms with van der Waals surface area (Å²) in [6, 6.07) is 4.56. The Morgan fingerprint density at radius 2 is 2.27 bits per heavy atom. The highest BCUT2D eigenvalue weighted by Gasteiger charge is 2.32. The van der Waals surface area contributed by atoms with Crippen molar-refractivity contribution in [3.8, 4) is 0 Å². The van der Waals surface area contributed by atoms with Gasteiger partial charge < -0.3 is 10.2 Å². The molecule has 0 radical (unpaired) electrons. The number of benzene rings is 1. The molecule has 1 aliphatic rings. The largest absolute Gasteiger partial charge is 0.383 e. The van der Waals surface area contributed by atoms with E-state index in [1.807, 2.05) is 0 Å². The Labute approximate surface area is 132 Å². The Balaban J connectivity index is 1.88. The molecule has 1 heterocycles.